The van der Waals surface area contributed by atoms with E-state index in [1.54, 1.807) is 0 Å². The van der Waals surface area contributed by atoms with E-state index in [4.69, 9.17) is 28.3 Å². The molecule has 0 aromatic heterocycles. The Hall–Kier alpha value is -0.375. The molecular weight excluding hydrogens is 231 g/mol. The van der Waals surface area contributed by atoms with Crippen LogP contribution in [-0.2, 0) is 0 Å². The van der Waals surface area contributed by atoms with Crippen LogP contribution in [0.2, 0.25) is 0 Å². The highest BCUT2D eigenvalue weighted by Gasteiger charge is 2.13. The summed E-state index contributed by atoms with van der Waals surface area (Å²) in [7, 11) is 15.5. The highest BCUT2D eigenvalue weighted by atomic mass is 79.9. The molecule has 0 spiro atoms. The molecule has 6 heteroatoms. The van der Waals surface area contributed by atoms with Gasteiger partial charge in [-0.1, -0.05) is 0 Å². The average molecular weight is 234 g/mol. The molecular formula is C7H3B3BrFO. The number of hydrogen-bond acceptors (Lipinski definition) is 1. The Morgan fingerprint density at radius 1 is 1.31 bits per heavy atom. The lowest BCUT2D eigenvalue weighted by molar-refractivity contribution is 0.314. The largest absolute Gasteiger partial charge is 0.515 e. The Balaban J connectivity index is 2.94. The molecule has 0 bridgehead atoms. The van der Waals surface area contributed by atoms with Crippen molar-refractivity contribution in [3.63, 3.8) is 0 Å². The van der Waals surface area contributed by atoms with E-state index in [0.717, 1.165) is 6.07 Å². The highest BCUT2D eigenvalue weighted by molar-refractivity contribution is 9.10. The van der Waals surface area contributed by atoms with E-state index in [1.165, 1.54) is 12.1 Å². The molecule has 0 aliphatic carbocycles. The Bertz CT molecular complexity index is 313. The molecule has 0 aliphatic rings. The van der Waals surface area contributed by atoms with Crippen LogP contribution in [-0.4, -0.2) is 28.8 Å². The third-order valence-electron chi connectivity index (χ3n) is 1.18. The number of rotatable bonds is 2. The van der Waals surface area contributed by atoms with E-state index in [0.29, 0.717) is 4.47 Å². The second kappa shape index (κ2) is 3.78. The fraction of sp³-hybridized carbons (Fsp3) is 0.143. The van der Waals surface area contributed by atoms with E-state index >= 15 is 0 Å². The summed E-state index contributed by atoms with van der Waals surface area (Å²) in [4.78, 5) is 0. The summed E-state index contributed by atoms with van der Waals surface area (Å²) in [5.74, 6) is -0.296. The van der Waals surface area contributed by atoms with E-state index < -0.39 is 11.1 Å². The van der Waals surface area contributed by atoms with Gasteiger partial charge < -0.3 is 4.74 Å². The smallest absolute Gasteiger partial charge is 0.133 e. The summed E-state index contributed by atoms with van der Waals surface area (Å²) in [5, 5.41) is -1.81. The second-order valence-electron chi connectivity index (χ2n) is 2.53. The quantitative estimate of drug-likeness (QED) is 0.696. The minimum Gasteiger partial charge on any atom is -0.515 e. The van der Waals surface area contributed by atoms with E-state index in [2.05, 4.69) is 15.9 Å². The predicted molar refractivity (Wildman–Crippen MR) is 54.7 cm³/mol. The van der Waals surface area contributed by atoms with Crippen LogP contribution in [0.5, 0.6) is 5.75 Å². The first-order chi connectivity index (χ1) is 5.88. The number of ether oxygens (including phenoxy) is 1. The summed E-state index contributed by atoms with van der Waals surface area (Å²) >= 11 is 3.12. The highest BCUT2D eigenvalue weighted by Crippen LogP contribution is 2.26. The number of benzene rings is 1. The normalized spacial score (nSPS) is 11.2. The Morgan fingerprint density at radius 3 is 2.46 bits per heavy atom. The van der Waals surface area contributed by atoms with Gasteiger partial charge in [0.15, 0.2) is 0 Å². The Morgan fingerprint density at radius 2 is 1.92 bits per heavy atom. The first-order valence-corrected chi connectivity index (χ1v) is 4.18. The molecule has 1 rings (SSSR count). The van der Waals surface area contributed by atoms with Gasteiger partial charge >= 0.3 is 0 Å². The number of hydrogen-bond donors (Lipinski definition) is 0. The lowest BCUT2D eigenvalue weighted by Crippen LogP contribution is -2.37. The van der Waals surface area contributed by atoms with Crippen molar-refractivity contribution in [2.45, 2.75) is 5.30 Å². The first kappa shape index (κ1) is 10.7. The SMILES string of the molecule is [B]C([B])([B])Oc1cc(F)ccc1Br. The average Bonchev–Trinajstić information content (AvgIpc) is 1.94. The predicted octanol–water partition coefficient (Wildman–Crippen LogP) is 1.08. The van der Waals surface area contributed by atoms with Gasteiger partial charge in [0.2, 0.25) is 0 Å². The lowest BCUT2D eigenvalue weighted by Gasteiger charge is -2.23. The molecule has 0 atom stereocenters. The number of halogens is 2. The van der Waals surface area contributed by atoms with Crippen molar-refractivity contribution in [1.82, 2.24) is 0 Å². The maximum atomic E-state index is 12.7. The molecule has 6 radical (unpaired) electrons. The van der Waals surface area contributed by atoms with Crippen molar-refractivity contribution in [2.75, 3.05) is 0 Å². The monoisotopic (exact) mass is 234 g/mol. The van der Waals surface area contributed by atoms with Crippen molar-refractivity contribution in [3.8, 4) is 5.75 Å². The van der Waals surface area contributed by atoms with E-state index in [9.17, 15) is 4.39 Å². The van der Waals surface area contributed by atoms with Gasteiger partial charge in [-0.2, -0.15) is 0 Å². The molecule has 0 unspecified atom stereocenters. The van der Waals surface area contributed by atoms with Gasteiger partial charge in [0.1, 0.15) is 35.1 Å². The minimum atomic E-state index is -1.81. The van der Waals surface area contributed by atoms with Crippen LogP contribution in [0.25, 0.3) is 0 Å². The molecule has 1 nitrogen and oxygen atoms in total. The molecule has 1 aromatic rings. The van der Waals surface area contributed by atoms with Crippen molar-refractivity contribution in [2.24, 2.45) is 0 Å². The fourth-order valence-corrected chi connectivity index (χ4v) is 1.07. The van der Waals surface area contributed by atoms with Crippen molar-refractivity contribution in [3.05, 3.63) is 28.5 Å². The zero-order chi connectivity index (χ0) is 10.1. The molecule has 0 amide bonds. The fourth-order valence-electron chi connectivity index (χ4n) is 0.746. The van der Waals surface area contributed by atoms with Crippen molar-refractivity contribution in [1.29, 1.82) is 0 Å². The molecule has 0 saturated heterocycles. The summed E-state index contributed by atoms with van der Waals surface area (Å²) < 4.78 is 18.1. The van der Waals surface area contributed by atoms with Crippen LogP contribution in [0, 0.1) is 5.82 Å². The minimum absolute atomic E-state index is 0.160. The van der Waals surface area contributed by atoms with Gasteiger partial charge in [-0.3, -0.25) is 0 Å². The summed E-state index contributed by atoms with van der Waals surface area (Å²) in [5.41, 5.74) is 0. The second-order valence-corrected chi connectivity index (χ2v) is 3.38. The van der Waals surface area contributed by atoms with Gasteiger partial charge in [0.25, 0.3) is 0 Å². The summed E-state index contributed by atoms with van der Waals surface area (Å²) in [6.07, 6.45) is 0. The van der Waals surface area contributed by atoms with Crippen LogP contribution in [0.1, 0.15) is 0 Å². The maximum absolute atomic E-state index is 12.7. The molecule has 0 heterocycles. The van der Waals surface area contributed by atoms with Gasteiger partial charge in [0.05, 0.1) is 4.47 Å². The molecule has 0 saturated carbocycles. The Kier molecular flexibility index (Phi) is 3.11. The van der Waals surface area contributed by atoms with Crippen molar-refractivity contribution < 1.29 is 9.13 Å². The van der Waals surface area contributed by atoms with Crippen LogP contribution in [0.15, 0.2) is 22.7 Å². The summed E-state index contributed by atoms with van der Waals surface area (Å²) in [6.45, 7) is 0. The lowest BCUT2D eigenvalue weighted by atomic mass is 9.52. The molecule has 0 N–H and O–H groups in total. The molecule has 1 aromatic carbocycles. The van der Waals surface area contributed by atoms with Crippen LogP contribution < -0.4 is 4.74 Å². The maximum Gasteiger partial charge on any atom is 0.133 e. The van der Waals surface area contributed by atoms with Crippen molar-refractivity contribution >= 4 is 39.5 Å². The Labute approximate surface area is 88.4 Å². The third-order valence-corrected chi connectivity index (χ3v) is 1.84. The first-order valence-electron chi connectivity index (χ1n) is 3.39. The van der Waals surface area contributed by atoms with Gasteiger partial charge in [-0.05, 0) is 33.4 Å². The molecule has 0 aliphatic heterocycles. The van der Waals surface area contributed by atoms with Crippen LogP contribution >= 0.6 is 15.9 Å². The standard InChI is InChI=1S/C7H3B3BrFO/c8-7(9,10)13-6-3-4(12)1-2-5(6)11/h1-3H. The van der Waals surface area contributed by atoms with Gasteiger partial charge in [-0.25, -0.2) is 4.39 Å². The van der Waals surface area contributed by atoms with E-state index in [-0.39, 0.29) is 5.75 Å². The zero-order valence-corrected chi connectivity index (χ0v) is 8.21. The summed E-state index contributed by atoms with van der Waals surface area (Å²) in [6, 6.07) is 3.87. The van der Waals surface area contributed by atoms with Crippen LogP contribution in [0.4, 0.5) is 4.39 Å². The van der Waals surface area contributed by atoms with Gasteiger partial charge in [0, 0.05) is 6.07 Å². The third kappa shape index (κ3) is 3.47. The zero-order valence-electron chi connectivity index (χ0n) is 6.63. The van der Waals surface area contributed by atoms with Gasteiger partial charge in [-0.15, -0.1) is 0 Å². The van der Waals surface area contributed by atoms with Crippen LogP contribution in [0.3, 0.4) is 0 Å². The topological polar surface area (TPSA) is 9.23 Å². The molecule has 0 fully saturated rings. The molecule has 60 valence electrons. The molecule has 13 heavy (non-hydrogen) atoms. The van der Waals surface area contributed by atoms with E-state index in [1.807, 2.05) is 0 Å².